The van der Waals surface area contributed by atoms with Crippen LogP contribution < -0.4 is 0 Å². The van der Waals surface area contributed by atoms with Gasteiger partial charge in [0.15, 0.2) is 0 Å². The topological polar surface area (TPSA) is 6.48 Å². The Kier molecular flexibility index (Phi) is 4.50. The highest BCUT2D eigenvalue weighted by atomic mass is 35.7. The van der Waals surface area contributed by atoms with Gasteiger partial charge in [0, 0.05) is 0 Å². The molecule has 0 saturated heterocycles. The van der Waals surface area contributed by atoms with Gasteiger partial charge in [-0.3, -0.25) is 0 Å². The van der Waals surface area contributed by atoms with Gasteiger partial charge < -0.3 is 7.79 Å². The molecule has 0 atom stereocenters. The second-order valence-corrected chi connectivity index (χ2v) is 21.4. The highest BCUT2D eigenvalue weighted by molar-refractivity contribution is 7.46. The summed E-state index contributed by atoms with van der Waals surface area (Å²) in [7, 11) is 2.08. The molecule has 0 aromatic rings. The van der Waals surface area contributed by atoms with E-state index in [1.54, 1.807) is 0 Å². The quantitative estimate of drug-likeness (QED) is 0.361. The van der Waals surface area contributed by atoms with Crippen molar-refractivity contribution in [1.82, 2.24) is 7.79 Å². The third kappa shape index (κ3) is 2.99. The van der Waals surface area contributed by atoms with Crippen molar-refractivity contribution in [3.05, 3.63) is 0 Å². The summed E-state index contributed by atoms with van der Waals surface area (Å²) >= 11 is 12.2. The Morgan fingerprint density at radius 1 is 0.889 bits per heavy atom. The van der Waals surface area contributed by atoms with Crippen LogP contribution in [0.1, 0.15) is 0 Å². The average Bonchev–Trinajstić information content (AvgIpc) is 1.65. The molecule has 0 radical (unpaired) electrons. The molecule has 0 spiro atoms. The number of halogens is 2. The van der Waals surface area contributed by atoms with Gasteiger partial charge in [0.1, 0.15) is 0 Å². The first-order chi connectivity index (χ1) is 3.89. The maximum atomic E-state index is 6.10. The Morgan fingerprint density at radius 3 is 1.11 bits per heavy atom. The minimum Gasteiger partial charge on any atom is -0.347 e. The summed E-state index contributed by atoms with van der Waals surface area (Å²) in [6.07, 6.45) is 0. The summed E-state index contributed by atoms with van der Waals surface area (Å²) in [5.74, 6) is 0. The number of hydrogen-bond donors (Lipinski definition) is 0. The van der Waals surface area contributed by atoms with E-state index in [4.69, 9.17) is 22.2 Å². The zero-order valence-corrected chi connectivity index (χ0v) is 16.7. The highest BCUT2D eigenvalue weighted by Gasteiger charge is 2.33. The predicted molar refractivity (Wildman–Crippen MR) is 60.9 cm³/mol. The van der Waals surface area contributed by atoms with E-state index in [1.165, 1.54) is 0 Å². The van der Waals surface area contributed by atoms with E-state index in [1.807, 2.05) is 0 Å². The molecule has 0 aromatic carbocycles. The Labute approximate surface area is 78.5 Å². The van der Waals surface area contributed by atoms with Crippen LogP contribution in [0.5, 0.6) is 0 Å². The summed E-state index contributed by atoms with van der Waals surface area (Å²) in [6.45, 7) is 0. The van der Waals surface area contributed by atoms with E-state index >= 15 is 0 Å². The lowest BCUT2D eigenvalue weighted by Crippen LogP contribution is -2.54. The molecule has 0 aliphatic carbocycles. The van der Waals surface area contributed by atoms with E-state index in [0.29, 0.717) is 0 Å². The van der Waals surface area contributed by atoms with Crippen molar-refractivity contribution in [1.29, 1.82) is 0 Å². The molecule has 0 unspecified atom stereocenters. The average molecular weight is 251 g/mol. The molecule has 0 aromatic heterocycles. The maximum Gasteiger partial charge on any atom is 0.379 e. The molecule has 0 aliphatic heterocycles. The summed E-state index contributed by atoms with van der Waals surface area (Å²) < 4.78 is 4.41. The lowest BCUT2D eigenvalue weighted by Gasteiger charge is -2.31. The van der Waals surface area contributed by atoms with Crippen molar-refractivity contribution in [2.24, 2.45) is 0 Å². The van der Waals surface area contributed by atoms with E-state index in [-0.39, 0.29) is 0 Å². The zero-order chi connectivity index (χ0) is 7.65. The van der Waals surface area contributed by atoms with Gasteiger partial charge in [0.2, 0.25) is 0 Å². The molecule has 0 bridgehead atoms. The van der Waals surface area contributed by atoms with E-state index in [0.717, 1.165) is 41.6 Å². The van der Waals surface area contributed by atoms with Crippen molar-refractivity contribution in [3.8, 4) is 0 Å². The molecular weight excluding hydrogens is 239 g/mol. The van der Waals surface area contributed by atoms with Crippen molar-refractivity contribution in [2.75, 3.05) is 0 Å². The molecule has 9 heavy (non-hydrogen) atoms. The second-order valence-electron chi connectivity index (χ2n) is 2.30. The van der Waals surface area contributed by atoms with Crippen LogP contribution in [0.25, 0.3) is 0 Å². The van der Waals surface area contributed by atoms with E-state index < -0.39 is 7.02 Å². The molecule has 0 heterocycles. The summed E-state index contributed by atoms with van der Waals surface area (Å²) in [4.78, 5) is 0. The summed E-state index contributed by atoms with van der Waals surface area (Å²) in [6, 6.07) is 0. The van der Waals surface area contributed by atoms with Gasteiger partial charge in [-0.15, -0.1) is 22.2 Å². The number of nitrogens with zero attached hydrogens (tertiary/aromatic N) is 2. The SMILES string of the molecule is [SiH3]N([SiH3])[Si](Cl)(Cl)N([SiH3])[SiH3]. The van der Waals surface area contributed by atoms with Crippen molar-refractivity contribution < 1.29 is 0 Å². The Hall–Kier alpha value is 1.58. The van der Waals surface area contributed by atoms with Gasteiger partial charge in [-0.1, -0.05) is 0 Å². The fourth-order valence-corrected chi connectivity index (χ4v) is 10.8. The predicted octanol–water partition coefficient (Wildman–Crippen LogP) is -4.37. The van der Waals surface area contributed by atoms with Crippen molar-refractivity contribution >= 4 is 70.8 Å². The fraction of sp³-hybridized carbons (Fsp3) is 0. The normalized spacial score (nSPS) is 14.7. The van der Waals surface area contributed by atoms with Crippen LogP contribution in [-0.4, -0.2) is 56.4 Å². The summed E-state index contributed by atoms with van der Waals surface area (Å²) in [5.41, 5.74) is 0. The smallest absolute Gasteiger partial charge is 0.347 e. The molecule has 9 heteroatoms. The van der Waals surface area contributed by atoms with E-state index in [9.17, 15) is 0 Å². The molecular formula is H12Cl2N2Si5. The van der Waals surface area contributed by atoms with Crippen LogP contribution in [0, 0.1) is 0 Å². The first-order valence-corrected chi connectivity index (χ1v) is 10.1. The molecule has 56 valence electrons. The lowest BCUT2D eigenvalue weighted by molar-refractivity contribution is 0.966. The number of hydrogen-bond acceptors (Lipinski definition) is 2. The Morgan fingerprint density at radius 2 is 1.11 bits per heavy atom. The standard InChI is InChI=1S/Cl2H12N2Si5/c1-9(2,3(5)6)4(7)8/h5-8H3. The Bertz CT molecular complexity index is 81.0. The number of rotatable bonds is 2. The van der Waals surface area contributed by atoms with Crippen LogP contribution in [0.2, 0.25) is 0 Å². The van der Waals surface area contributed by atoms with E-state index in [2.05, 4.69) is 7.79 Å². The first-order valence-electron chi connectivity index (χ1n) is 2.61. The van der Waals surface area contributed by atoms with Crippen LogP contribution in [0.4, 0.5) is 0 Å². The van der Waals surface area contributed by atoms with Crippen molar-refractivity contribution in [2.45, 2.75) is 0 Å². The first kappa shape index (κ1) is 10.6. The summed E-state index contributed by atoms with van der Waals surface area (Å²) in [5, 5.41) is 0. The van der Waals surface area contributed by atoms with Gasteiger partial charge >= 0.3 is 7.02 Å². The molecule has 0 fully saturated rings. The van der Waals surface area contributed by atoms with Crippen LogP contribution in [0.15, 0.2) is 0 Å². The monoisotopic (exact) mass is 250 g/mol. The second kappa shape index (κ2) is 3.83. The van der Waals surface area contributed by atoms with Gasteiger partial charge in [0.25, 0.3) is 0 Å². The zero-order valence-electron chi connectivity index (χ0n) is 6.15. The van der Waals surface area contributed by atoms with Gasteiger partial charge in [0.05, 0.1) is 41.6 Å². The third-order valence-corrected chi connectivity index (χ3v) is 21.9. The molecule has 0 N–H and O–H groups in total. The van der Waals surface area contributed by atoms with Crippen LogP contribution >= 0.6 is 22.2 Å². The molecule has 2 nitrogen and oxygen atoms in total. The lowest BCUT2D eigenvalue weighted by atomic mass is 13.7. The van der Waals surface area contributed by atoms with Gasteiger partial charge in [-0.05, 0) is 0 Å². The minimum absolute atomic E-state index is 1.02. The fourth-order valence-electron chi connectivity index (χ4n) is 0.400. The molecule has 0 saturated carbocycles. The molecule has 0 rings (SSSR count). The molecule has 0 amide bonds. The minimum atomic E-state index is -2.00. The van der Waals surface area contributed by atoms with Gasteiger partial charge in [-0.25, -0.2) is 0 Å². The van der Waals surface area contributed by atoms with Gasteiger partial charge in [-0.2, -0.15) is 0 Å². The maximum absolute atomic E-state index is 6.10. The molecule has 0 aliphatic rings. The van der Waals surface area contributed by atoms with Crippen LogP contribution in [0.3, 0.4) is 0 Å². The van der Waals surface area contributed by atoms with Crippen molar-refractivity contribution in [3.63, 3.8) is 0 Å². The largest absolute Gasteiger partial charge is 0.379 e. The third-order valence-electron chi connectivity index (χ3n) is 1.08. The highest BCUT2D eigenvalue weighted by Crippen LogP contribution is 2.16. The Balaban J connectivity index is 4.01. The van der Waals surface area contributed by atoms with Crippen LogP contribution in [-0.2, 0) is 0 Å².